The topological polar surface area (TPSA) is 49.4 Å². The maximum Gasteiger partial charge on any atom is 0.242 e. The fourth-order valence-corrected chi connectivity index (χ4v) is 3.17. The van der Waals surface area contributed by atoms with Crippen molar-refractivity contribution < 1.29 is 9.59 Å². The number of nitrogens with zero attached hydrogens (tertiary/aromatic N) is 1. The molecule has 28 heavy (non-hydrogen) atoms. The molecule has 4 nitrogen and oxygen atoms in total. The van der Waals surface area contributed by atoms with E-state index in [1.165, 1.54) is 0 Å². The lowest BCUT2D eigenvalue weighted by Crippen LogP contribution is -2.49. The van der Waals surface area contributed by atoms with E-state index >= 15 is 0 Å². The van der Waals surface area contributed by atoms with Crippen molar-refractivity contribution >= 4 is 23.4 Å². The Morgan fingerprint density at radius 3 is 2.46 bits per heavy atom. The first kappa shape index (κ1) is 22.0. The van der Waals surface area contributed by atoms with Crippen molar-refractivity contribution in [2.45, 2.75) is 59.2 Å². The van der Waals surface area contributed by atoms with E-state index in [4.69, 9.17) is 11.6 Å². The van der Waals surface area contributed by atoms with Crippen molar-refractivity contribution in [1.82, 2.24) is 10.2 Å². The number of benzene rings is 2. The summed E-state index contributed by atoms with van der Waals surface area (Å²) in [5.74, 6) is -0.226. The van der Waals surface area contributed by atoms with Crippen LogP contribution in [0.2, 0.25) is 5.02 Å². The Bertz CT molecular complexity index is 822. The summed E-state index contributed by atoms with van der Waals surface area (Å²) in [4.78, 5) is 27.5. The molecule has 0 saturated heterocycles. The zero-order valence-corrected chi connectivity index (χ0v) is 17.8. The van der Waals surface area contributed by atoms with Crippen LogP contribution in [0, 0.1) is 6.92 Å². The number of halogens is 1. The van der Waals surface area contributed by atoms with Crippen molar-refractivity contribution in [1.29, 1.82) is 0 Å². The number of hydrogen-bond donors (Lipinski definition) is 1. The fourth-order valence-electron chi connectivity index (χ4n) is 2.95. The summed E-state index contributed by atoms with van der Waals surface area (Å²) in [6, 6.07) is 14.7. The van der Waals surface area contributed by atoms with Gasteiger partial charge in [0.2, 0.25) is 11.8 Å². The Balaban J connectivity index is 2.25. The van der Waals surface area contributed by atoms with Gasteiger partial charge in [-0.1, -0.05) is 54.9 Å². The predicted octanol–water partition coefficient (Wildman–Crippen LogP) is 4.52. The molecule has 0 spiro atoms. The van der Waals surface area contributed by atoms with E-state index in [1.54, 1.807) is 17.9 Å². The number of aryl methyl sites for hydroxylation is 1. The highest BCUT2D eigenvalue weighted by atomic mass is 35.5. The summed E-state index contributed by atoms with van der Waals surface area (Å²) in [7, 11) is 0. The highest BCUT2D eigenvalue weighted by molar-refractivity contribution is 6.30. The van der Waals surface area contributed by atoms with Crippen LogP contribution in [0.3, 0.4) is 0 Å². The Labute approximate surface area is 172 Å². The number of rotatable bonds is 8. The van der Waals surface area contributed by atoms with Gasteiger partial charge >= 0.3 is 0 Å². The van der Waals surface area contributed by atoms with Gasteiger partial charge in [0, 0.05) is 17.6 Å². The minimum Gasteiger partial charge on any atom is -0.352 e. The summed E-state index contributed by atoms with van der Waals surface area (Å²) in [6.45, 7) is 8.07. The van der Waals surface area contributed by atoms with Crippen LogP contribution in [0.1, 0.15) is 43.9 Å². The van der Waals surface area contributed by atoms with Gasteiger partial charge in [-0.2, -0.15) is 0 Å². The molecule has 0 saturated carbocycles. The maximum absolute atomic E-state index is 13.2. The molecule has 0 aliphatic rings. The normalized spacial score (nSPS) is 12.9. The van der Waals surface area contributed by atoms with Crippen LogP contribution in [0.5, 0.6) is 0 Å². The first-order valence-electron chi connectivity index (χ1n) is 9.70. The molecule has 1 N–H and O–H groups in total. The molecule has 0 bridgehead atoms. The van der Waals surface area contributed by atoms with Crippen molar-refractivity contribution in [3.8, 4) is 0 Å². The quantitative estimate of drug-likeness (QED) is 0.708. The third-order valence-electron chi connectivity index (χ3n) is 5.01. The van der Waals surface area contributed by atoms with Crippen LogP contribution >= 0.6 is 11.6 Å². The Morgan fingerprint density at radius 1 is 1.11 bits per heavy atom. The third-order valence-corrected chi connectivity index (χ3v) is 5.25. The molecule has 150 valence electrons. The average Bonchev–Trinajstić information content (AvgIpc) is 2.67. The van der Waals surface area contributed by atoms with Gasteiger partial charge in [0.25, 0.3) is 0 Å². The lowest BCUT2D eigenvalue weighted by atomic mass is 10.0. The second kappa shape index (κ2) is 10.3. The molecule has 2 aromatic rings. The first-order chi connectivity index (χ1) is 13.3. The monoisotopic (exact) mass is 400 g/mol. The minimum absolute atomic E-state index is 0.0643. The molecule has 2 atom stereocenters. The van der Waals surface area contributed by atoms with E-state index in [-0.39, 0.29) is 24.3 Å². The van der Waals surface area contributed by atoms with Crippen molar-refractivity contribution in [2.75, 3.05) is 0 Å². The molecule has 2 rings (SSSR count). The van der Waals surface area contributed by atoms with Crippen molar-refractivity contribution in [2.24, 2.45) is 0 Å². The molecule has 0 aromatic heterocycles. The van der Waals surface area contributed by atoms with Crippen LogP contribution in [0.4, 0.5) is 0 Å². The first-order valence-corrected chi connectivity index (χ1v) is 10.1. The van der Waals surface area contributed by atoms with Gasteiger partial charge in [0.1, 0.15) is 6.04 Å². The molecule has 0 unspecified atom stereocenters. The summed E-state index contributed by atoms with van der Waals surface area (Å²) < 4.78 is 0. The molecule has 0 heterocycles. The van der Waals surface area contributed by atoms with E-state index in [1.807, 2.05) is 63.2 Å². The van der Waals surface area contributed by atoms with Gasteiger partial charge in [-0.25, -0.2) is 0 Å². The number of carbonyl (C=O) groups excluding carboxylic acids is 2. The van der Waals surface area contributed by atoms with Crippen LogP contribution in [0.15, 0.2) is 48.5 Å². The summed E-state index contributed by atoms with van der Waals surface area (Å²) in [6.07, 6.45) is 1.10. The molecule has 0 aliphatic carbocycles. The van der Waals surface area contributed by atoms with E-state index in [9.17, 15) is 9.59 Å². The SMILES string of the molecule is CC[C@H](C)NC(=O)[C@H](C)N(Cc1cccc(Cl)c1)C(=O)Cc1ccccc1C. The smallest absolute Gasteiger partial charge is 0.242 e. The minimum atomic E-state index is -0.579. The second-order valence-corrected chi connectivity index (χ2v) is 7.69. The number of hydrogen-bond acceptors (Lipinski definition) is 2. The van der Waals surface area contributed by atoms with Crippen LogP contribution in [-0.4, -0.2) is 28.8 Å². The Hall–Kier alpha value is -2.33. The van der Waals surface area contributed by atoms with Gasteiger partial charge in [-0.05, 0) is 56.0 Å². The molecule has 0 radical (unpaired) electrons. The van der Waals surface area contributed by atoms with E-state index in [0.29, 0.717) is 11.6 Å². The predicted molar refractivity (Wildman–Crippen MR) is 114 cm³/mol. The molecule has 0 aliphatic heterocycles. The summed E-state index contributed by atoms with van der Waals surface area (Å²) in [5, 5.41) is 3.59. The van der Waals surface area contributed by atoms with Gasteiger partial charge in [0.15, 0.2) is 0 Å². The fraction of sp³-hybridized carbons (Fsp3) is 0.391. The molecular weight excluding hydrogens is 372 g/mol. The Kier molecular flexibility index (Phi) is 8.06. The zero-order chi connectivity index (χ0) is 20.7. The molecule has 2 aromatic carbocycles. The zero-order valence-electron chi connectivity index (χ0n) is 17.0. The third kappa shape index (κ3) is 6.10. The number of carbonyl (C=O) groups is 2. The maximum atomic E-state index is 13.2. The standard InChI is InChI=1S/C23H29ClN2O2/c1-5-17(3)25-23(28)18(4)26(15-19-10-8-12-21(24)13-19)22(27)14-20-11-7-6-9-16(20)2/h6-13,17-18H,5,14-15H2,1-4H3,(H,25,28)/t17-,18-/m0/s1. The van der Waals surface area contributed by atoms with Crippen LogP contribution < -0.4 is 5.32 Å². The van der Waals surface area contributed by atoms with E-state index in [2.05, 4.69) is 5.32 Å². The van der Waals surface area contributed by atoms with Crippen LogP contribution in [0.25, 0.3) is 0 Å². The van der Waals surface area contributed by atoms with Crippen molar-refractivity contribution in [3.05, 3.63) is 70.2 Å². The lowest BCUT2D eigenvalue weighted by molar-refractivity contribution is -0.140. The lowest BCUT2D eigenvalue weighted by Gasteiger charge is -2.30. The Morgan fingerprint density at radius 2 is 1.82 bits per heavy atom. The van der Waals surface area contributed by atoms with Gasteiger partial charge in [-0.15, -0.1) is 0 Å². The van der Waals surface area contributed by atoms with Crippen molar-refractivity contribution in [3.63, 3.8) is 0 Å². The second-order valence-electron chi connectivity index (χ2n) is 7.25. The number of nitrogens with one attached hydrogen (secondary N) is 1. The molecule has 5 heteroatoms. The largest absolute Gasteiger partial charge is 0.352 e. The molecule has 0 fully saturated rings. The average molecular weight is 401 g/mol. The van der Waals surface area contributed by atoms with Gasteiger partial charge in [-0.3, -0.25) is 9.59 Å². The number of amides is 2. The van der Waals surface area contributed by atoms with E-state index in [0.717, 1.165) is 23.1 Å². The highest BCUT2D eigenvalue weighted by Crippen LogP contribution is 2.17. The molecular formula is C23H29ClN2O2. The van der Waals surface area contributed by atoms with Gasteiger partial charge in [0.05, 0.1) is 6.42 Å². The van der Waals surface area contributed by atoms with Crippen LogP contribution in [-0.2, 0) is 22.6 Å². The highest BCUT2D eigenvalue weighted by Gasteiger charge is 2.27. The summed E-state index contributed by atoms with van der Waals surface area (Å²) in [5.41, 5.74) is 2.93. The van der Waals surface area contributed by atoms with Gasteiger partial charge < -0.3 is 10.2 Å². The van der Waals surface area contributed by atoms with E-state index < -0.39 is 6.04 Å². The summed E-state index contributed by atoms with van der Waals surface area (Å²) >= 11 is 6.11. The molecule has 2 amide bonds.